The fraction of sp³-hybridized carbons (Fsp3) is 0.133. The van der Waals surface area contributed by atoms with Crippen molar-refractivity contribution in [1.82, 2.24) is 5.32 Å². The quantitative estimate of drug-likeness (QED) is 0.656. The number of nitrogens with one attached hydrogen (secondary N) is 1. The van der Waals surface area contributed by atoms with Crippen molar-refractivity contribution in [2.45, 2.75) is 13.5 Å². The van der Waals surface area contributed by atoms with E-state index in [-0.39, 0.29) is 17.7 Å². The maximum absolute atomic E-state index is 12.3. The van der Waals surface area contributed by atoms with Gasteiger partial charge in [-0.25, -0.2) is 0 Å². The highest BCUT2D eigenvalue weighted by Crippen LogP contribution is 2.28. The number of nitrogens with zero attached hydrogens (tertiary/aromatic N) is 2. The molecule has 1 amide bonds. The van der Waals surface area contributed by atoms with E-state index in [9.17, 15) is 25.0 Å². The number of halogens is 1. The molecule has 0 spiro atoms. The third kappa shape index (κ3) is 3.85. The SMILES string of the molecule is Cc1c(C(=O)NCc2cccc(Cl)c2)cc([N+](=O)[O-])cc1[N+](=O)[O-]. The second kappa shape index (κ2) is 7.05. The molecule has 124 valence electrons. The molecule has 0 bridgehead atoms. The minimum Gasteiger partial charge on any atom is -0.348 e. The lowest BCUT2D eigenvalue weighted by molar-refractivity contribution is -0.394. The van der Waals surface area contributed by atoms with Crippen LogP contribution < -0.4 is 5.32 Å². The van der Waals surface area contributed by atoms with Gasteiger partial charge < -0.3 is 5.32 Å². The number of hydrogen-bond donors (Lipinski definition) is 1. The molecule has 0 aliphatic rings. The first kappa shape index (κ1) is 17.4. The fourth-order valence-corrected chi connectivity index (χ4v) is 2.35. The van der Waals surface area contributed by atoms with Crippen molar-refractivity contribution >= 4 is 28.9 Å². The first-order chi connectivity index (χ1) is 11.3. The predicted molar refractivity (Wildman–Crippen MR) is 87.1 cm³/mol. The molecule has 0 fully saturated rings. The molecule has 0 heterocycles. The van der Waals surface area contributed by atoms with Gasteiger partial charge in [-0.2, -0.15) is 0 Å². The molecule has 2 aromatic carbocycles. The molecule has 0 unspecified atom stereocenters. The lowest BCUT2D eigenvalue weighted by Crippen LogP contribution is -2.24. The molecule has 2 aromatic rings. The van der Waals surface area contributed by atoms with E-state index in [1.165, 1.54) is 6.92 Å². The standard InChI is InChI=1S/C15H12ClN3O5/c1-9-13(6-12(18(21)22)7-14(9)19(23)24)15(20)17-8-10-3-2-4-11(16)5-10/h2-7H,8H2,1H3,(H,17,20). The lowest BCUT2D eigenvalue weighted by Gasteiger charge is -2.08. The number of benzene rings is 2. The van der Waals surface area contributed by atoms with Crippen molar-refractivity contribution in [1.29, 1.82) is 0 Å². The molecule has 24 heavy (non-hydrogen) atoms. The zero-order valence-corrected chi connectivity index (χ0v) is 13.2. The second-order valence-corrected chi connectivity index (χ2v) is 5.40. The normalized spacial score (nSPS) is 10.2. The first-order valence-corrected chi connectivity index (χ1v) is 7.13. The zero-order chi connectivity index (χ0) is 17.9. The Morgan fingerprint density at radius 1 is 1.17 bits per heavy atom. The maximum Gasteiger partial charge on any atom is 0.279 e. The Hall–Kier alpha value is -3.00. The Labute approximate surface area is 141 Å². The average molecular weight is 350 g/mol. The summed E-state index contributed by atoms with van der Waals surface area (Å²) >= 11 is 5.85. The number of nitro benzene ring substituents is 2. The Bertz CT molecular complexity index is 838. The van der Waals surface area contributed by atoms with Crippen molar-refractivity contribution in [3.05, 3.63) is 78.3 Å². The summed E-state index contributed by atoms with van der Waals surface area (Å²) in [6.45, 7) is 1.51. The van der Waals surface area contributed by atoms with Gasteiger partial charge in [-0.3, -0.25) is 25.0 Å². The van der Waals surface area contributed by atoms with Gasteiger partial charge in [0.15, 0.2) is 0 Å². The molecule has 2 rings (SSSR count). The Balaban J connectivity index is 2.31. The van der Waals surface area contributed by atoms with Crippen LogP contribution in [-0.4, -0.2) is 15.8 Å². The number of carbonyl (C=O) groups is 1. The van der Waals surface area contributed by atoms with E-state index < -0.39 is 27.1 Å². The van der Waals surface area contributed by atoms with Crippen LogP contribution in [0.3, 0.4) is 0 Å². The molecule has 0 saturated carbocycles. The van der Waals surface area contributed by atoms with Crippen LogP contribution in [0.15, 0.2) is 36.4 Å². The molecule has 0 atom stereocenters. The van der Waals surface area contributed by atoms with Gasteiger partial charge in [-0.15, -0.1) is 0 Å². The van der Waals surface area contributed by atoms with Gasteiger partial charge in [0.1, 0.15) is 0 Å². The summed E-state index contributed by atoms with van der Waals surface area (Å²) in [5.41, 5.74) is -0.308. The summed E-state index contributed by atoms with van der Waals surface area (Å²) in [7, 11) is 0. The summed E-state index contributed by atoms with van der Waals surface area (Å²) < 4.78 is 0. The van der Waals surface area contributed by atoms with Gasteiger partial charge in [0, 0.05) is 23.2 Å². The van der Waals surface area contributed by atoms with E-state index in [4.69, 9.17) is 11.6 Å². The van der Waals surface area contributed by atoms with Crippen molar-refractivity contribution in [2.24, 2.45) is 0 Å². The minimum absolute atomic E-state index is 0.0641. The summed E-state index contributed by atoms with van der Waals surface area (Å²) in [6.07, 6.45) is 0. The van der Waals surface area contributed by atoms with Crippen LogP contribution in [0.5, 0.6) is 0 Å². The van der Waals surface area contributed by atoms with Crippen molar-refractivity contribution in [3.63, 3.8) is 0 Å². The Morgan fingerprint density at radius 3 is 2.46 bits per heavy atom. The van der Waals surface area contributed by atoms with Crippen LogP contribution >= 0.6 is 11.6 Å². The molecule has 0 radical (unpaired) electrons. The van der Waals surface area contributed by atoms with Crippen LogP contribution in [0.1, 0.15) is 21.5 Å². The van der Waals surface area contributed by atoms with E-state index >= 15 is 0 Å². The highest BCUT2D eigenvalue weighted by molar-refractivity contribution is 6.30. The number of rotatable bonds is 5. The van der Waals surface area contributed by atoms with Gasteiger partial charge in [0.2, 0.25) is 0 Å². The number of amides is 1. The van der Waals surface area contributed by atoms with E-state index in [0.717, 1.165) is 17.7 Å². The third-order valence-corrected chi connectivity index (χ3v) is 3.59. The molecule has 9 heteroatoms. The largest absolute Gasteiger partial charge is 0.348 e. The first-order valence-electron chi connectivity index (χ1n) is 6.75. The van der Waals surface area contributed by atoms with Crippen LogP contribution in [0.2, 0.25) is 5.02 Å². The van der Waals surface area contributed by atoms with E-state index in [1.54, 1.807) is 24.3 Å². The predicted octanol–water partition coefficient (Wildman–Crippen LogP) is 3.39. The molecule has 0 saturated heterocycles. The zero-order valence-electron chi connectivity index (χ0n) is 12.5. The summed E-state index contributed by atoms with van der Waals surface area (Å²) in [4.78, 5) is 32.7. The molecule has 1 N–H and O–H groups in total. The highest BCUT2D eigenvalue weighted by Gasteiger charge is 2.24. The molecule has 0 aliphatic carbocycles. The smallest absolute Gasteiger partial charge is 0.279 e. The molecular weight excluding hydrogens is 338 g/mol. The maximum atomic E-state index is 12.3. The highest BCUT2D eigenvalue weighted by atomic mass is 35.5. The van der Waals surface area contributed by atoms with Gasteiger partial charge in [0.05, 0.1) is 21.5 Å². The van der Waals surface area contributed by atoms with Crippen LogP contribution in [0.25, 0.3) is 0 Å². The Morgan fingerprint density at radius 2 is 1.88 bits per heavy atom. The van der Waals surface area contributed by atoms with Gasteiger partial charge in [-0.1, -0.05) is 23.7 Å². The topological polar surface area (TPSA) is 115 Å². The molecular formula is C15H12ClN3O5. The van der Waals surface area contributed by atoms with E-state index in [0.29, 0.717) is 5.02 Å². The molecule has 0 aromatic heterocycles. The van der Waals surface area contributed by atoms with Gasteiger partial charge >= 0.3 is 0 Å². The fourth-order valence-electron chi connectivity index (χ4n) is 2.14. The van der Waals surface area contributed by atoms with E-state index in [1.807, 2.05) is 0 Å². The summed E-state index contributed by atoms with van der Waals surface area (Å²) in [5.74, 6) is -0.640. The van der Waals surface area contributed by atoms with Gasteiger partial charge in [0.25, 0.3) is 17.3 Å². The molecule has 8 nitrogen and oxygen atoms in total. The van der Waals surface area contributed by atoms with Gasteiger partial charge in [-0.05, 0) is 24.6 Å². The minimum atomic E-state index is -0.778. The van der Waals surface area contributed by atoms with E-state index in [2.05, 4.69) is 5.32 Å². The molecule has 0 aliphatic heterocycles. The Kier molecular flexibility index (Phi) is 5.10. The number of non-ortho nitro benzene ring substituents is 1. The van der Waals surface area contributed by atoms with Crippen molar-refractivity contribution in [3.8, 4) is 0 Å². The second-order valence-electron chi connectivity index (χ2n) is 4.96. The third-order valence-electron chi connectivity index (χ3n) is 3.36. The summed E-state index contributed by atoms with van der Waals surface area (Å²) in [6, 6.07) is 8.66. The van der Waals surface area contributed by atoms with Crippen molar-refractivity contribution in [2.75, 3.05) is 0 Å². The lowest BCUT2D eigenvalue weighted by atomic mass is 10.0. The van der Waals surface area contributed by atoms with Crippen LogP contribution in [0.4, 0.5) is 11.4 Å². The number of carbonyl (C=O) groups excluding carboxylic acids is 1. The van der Waals surface area contributed by atoms with Crippen LogP contribution in [0, 0.1) is 27.2 Å². The van der Waals surface area contributed by atoms with Crippen molar-refractivity contribution < 1.29 is 14.6 Å². The van der Waals surface area contributed by atoms with Crippen LogP contribution in [-0.2, 0) is 6.54 Å². The number of nitro groups is 2. The number of hydrogen-bond acceptors (Lipinski definition) is 5. The average Bonchev–Trinajstić information content (AvgIpc) is 2.52. The summed E-state index contributed by atoms with van der Waals surface area (Å²) in [5, 5.41) is 25.0. The monoisotopic (exact) mass is 349 g/mol.